The summed E-state index contributed by atoms with van der Waals surface area (Å²) in [6.07, 6.45) is 11.4. The van der Waals surface area contributed by atoms with E-state index in [-0.39, 0.29) is 10.8 Å². The van der Waals surface area contributed by atoms with Crippen molar-refractivity contribution < 1.29 is 5.32 Å². The van der Waals surface area contributed by atoms with Crippen LogP contribution in [0.1, 0.15) is 68.4 Å². The van der Waals surface area contributed by atoms with E-state index < -0.39 is 0 Å². The molecule has 2 N–H and O–H groups in total. The van der Waals surface area contributed by atoms with E-state index in [0.29, 0.717) is 0 Å². The fourth-order valence-electron chi connectivity index (χ4n) is 8.87. The number of quaternary nitrogens is 1. The third-order valence-corrected chi connectivity index (χ3v) is 12.0. The van der Waals surface area contributed by atoms with E-state index in [1.807, 2.05) is 0 Å². The lowest BCUT2D eigenvalue weighted by molar-refractivity contribution is -0.589. The third-order valence-electron chi connectivity index (χ3n) is 12.0. The number of nitrogens with two attached hydrogens (primary N) is 1. The molecule has 0 aliphatic carbocycles. The highest BCUT2D eigenvalue weighted by molar-refractivity contribution is 5.95. The number of benzene rings is 7. The molecule has 1 unspecified atom stereocenters. The molecule has 8 rings (SSSR count). The fraction of sp³-hybridized carbons (Fsp3) is 0.185. The average molecular weight is 730 g/mol. The van der Waals surface area contributed by atoms with Crippen LogP contribution in [0.15, 0.2) is 194 Å². The first-order valence-electron chi connectivity index (χ1n) is 20.2. The van der Waals surface area contributed by atoms with Gasteiger partial charge in [-0.15, -0.1) is 0 Å². The second kappa shape index (κ2) is 16.0. The van der Waals surface area contributed by atoms with Crippen LogP contribution in [0, 0.1) is 0 Å². The van der Waals surface area contributed by atoms with E-state index in [2.05, 4.69) is 226 Å². The lowest BCUT2D eigenvalue weighted by Gasteiger charge is -2.30. The Bertz CT molecular complexity index is 2540. The van der Waals surface area contributed by atoms with Crippen LogP contribution in [-0.2, 0) is 23.9 Å². The van der Waals surface area contributed by atoms with Crippen LogP contribution >= 0.6 is 0 Å². The minimum Gasteiger partial charge on any atom is -0.340 e. The van der Waals surface area contributed by atoms with Crippen molar-refractivity contribution in [1.29, 1.82) is 0 Å². The normalized spacial score (nSPS) is 16.7. The zero-order chi connectivity index (χ0) is 38.5. The number of nitrogens with zero attached hydrogens (tertiary/aromatic N) is 1. The maximum atomic E-state index is 2.57. The van der Waals surface area contributed by atoms with E-state index >= 15 is 0 Å². The first kappa shape index (κ1) is 37.0. The molecule has 0 saturated heterocycles. The smallest absolute Gasteiger partial charge is 0.134 e. The average Bonchev–Trinajstić information content (AvgIpc) is 3.48. The highest BCUT2D eigenvalue weighted by Gasteiger charge is 2.43. The van der Waals surface area contributed by atoms with Gasteiger partial charge >= 0.3 is 0 Å². The van der Waals surface area contributed by atoms with Gasteiger partial charge in [-0.25, -0.2) is 0 Å². The van der Waals surface area contributed by atoms with Gasteiger partial charge in [0.25, 0.3) is 0 Å². The van der Waals surface area contributed by atoms with E-state index in [9.17, 15) is 0 Å². The predicted octanol–water partition coefficient (Wildman–Crippen LogP) is 13.0. The number of fused-ring (bicyclic) bond motifs is 4. The summed E-state index contributed by atoms with van der Waals surface area (Å²) in [4.78, 5) is 2.57. The second-order valence-electron chi connectivity index (χ2n) is 16.1. The third kappa shape index (κ3) is 7.38. The Morgan fingerprint density at radius 3 is 1.95 bits per heavy atom. The largest absolute Gasteiger partial charge is 0.340 e. The number of allylic oxidation sites excluding steroid dienone is 6. The lowest BCUT2D eigenvalue weighted by Crippen LogP contribution is -2.76. The zero-order valence-corrected chi connectivity index (χ0v) is 33.3. The molecule has 0 spiro atoms. The Hall–Kier alpha value is -5.96. The minimum atomic E-state index is -0.157. The quantitative estimate of drug-likeness (QED) is 0.0980. The number of rotatable bonds is 12. The van der Waals surface area contributed by atoms with Crippen LogP contribution in [0.5, 0.6) is 0 Å². The van der Waals surface area contributed by atoms with Gasteiger partial charge in [0.1, 0.15) is 12.2 Å². The second-order valence-corrected chi connectivity index (χ2v) is 16.1. The summed E-state index contributed by atoms with van der Waals surface area (Å²) >= 11 is 0. The summed E-state index contributed by atoms with van der Waals surface area (Å²) in [7, 11) is 0. The molecule has 0 aromatic heterocycles. The molecule has 7 aromatic carbocycles. The molecule has 0 amide bonds. The van der Waals surface area contributed by atoms with Crippen LogP contribution < -0.4 is 10.2 Å². The summed E-state index contributed by atoms with van der Waals surface area (Å²) < 4.78 is 0. The van der Waals surface area contributed by atoms with Crippen molar-refractivity contribution in [3.05, 3.63) is 222 Å². The topological polar surface area (TPSA) is 19.9 Å². The van der Waals surface area contributed by atoms with Crippen molar-refractivity contribution in [2.24, 2.45) is 0 Å². The van der Waals surface area contributed by atoms with Crippen LogP contribution in [0.25, 0.3) is 27.1 Å². The Kier molecular flexibility index (Phi) is 10.6. The maximum absolute atomic E-state index is 2.57. The summed E-state index contributed by atoms with van der Waals surface area (Å²) in [5.74, 6) is 0. The molecule has 1 atom stereocenters. The van der Waals surface area contributed by atoms with Gasteiger partial charge in [0.15, 0.2) is 0 Å². The van der Waals surface area contributed by atoms with Crippen molar-refractivity contribution in [1.82, 2.24) is 0 Å². The molecule has 56 heavy (non-hydrogen) atoms. The van der Waals surface area contributed by atoms with Gasteiger partial charge in [0, 0.05) is 34.5 Å². The minimum absolute atomic E-state index is 0.110. The van der Waals surface area contributed by atoms with Gasteiger partial charge < -0.3 is 10.2 Å². The van der Waals surface area contributed by atoms with Crippen LogP contribution in [0.4, 0.5) is 11.4 Å². The van der Waals surface area contributed by atoms with Crippen LogP contribution in [-0.4, -0.2) is 0 Å². The van der Waals surface area contributed by atoms with Gasteiger partial charge in [-0.1, -0.05) is 185 Å². The summed E-state index contributed by atoms with van der Waals surface area (Å²) in [5.41, 5.74) is 11.6. The molecule has 1 aliphatic heterocycles. The van der Waals surface area contributed by atoms with Gasteiger partial charge in [-0.05, 0) is 93.3 Å². The van der Waals surface area contributed by atoms with Crippen LogP contribution in [0.3, 0.4) is 0 Å². The van der Waals surface area contributed by atoms with E-state index in [4.69, 9.17) is 0 Å². The highest BCUT2D eigenvalue weighted by atomic mass is 15.2. The lowest BCUT2D eigenvalue weighted by atomic mass is 9.77. The van der Waals surface area contributed by atoms with E-state index in [1.54, 1.807) is 0 Å². The Labute approximate surface area is 333 Å². The first-order chi connectivity index (χ1) is 27.4. The molecule has 278 valence electrons. The first-order valence-corrected chi connectivity index (χ1v) is 20.2. The molecule has 0 radical (unpaired) electrons. The standard InChI is InChI=1S/C54H52N2/c1-5-54(4)50(56(39-41-22-11-7-12-23-41)49-35-32-45-27-16-18-30-47(45)52(49)54)36-33-43(42-24-13-8-14-25-42)28-19-37-53(2,3)51-46-29-17-15-26-44(46)31-34-48(51)55-38-40-20-9-6-10-21-40/h6-36,55H,5,37-39H2,1-4H3/p+1/b28-19+,43-33-,50-36+. The predicted molar refractivity (Wildman–Crippen MR) is 239 cm³/mol. The number of hydrogen-bond acceptors (Lipinski definition) is 1. The monoisotopic (exact) mass is 729 g/mol. The summed E-state index contributed by atoms with van der Waals surface area (Å²) in [6, 6.07) is 59.5. The Morgan fingerprint density at radius 2 is 1.25 bits per heavy atom. The SMILES string of the molecule is CCC1(C)\C(=C/C=C(/C=C/CC(C)(C)c2c([NH2+]Cc3ccccc3)ccc3ccccc23)c2ccccc2)N(Cc2ccccc2)c2ccc3ccccc3c21. The van der Waals surface area contributed by atoms with Gasteiger partial charge in [0.05, 0.1) is 0 Å². The Morgan fingerprint density at radius 1 is 0.661 bits per heavy atom. The molecule has 0 saturated carbocycles. The van der Waals surface area contributed by atoms with Gasteiger partial charge in [-0.2, -0.15) is 0 Å². The summed E-state index contributed by atoms with van der Waals surface area (Å²) in [5, 5.41) is 7.68. The molecule has 1 aliphatic rings. The molecule has 2 nitrogen and oxygen atoms in total. The van der Waals surface area contributed by atoms with Crippen molar-refractivity contribution in [2.75, 3.05) is 4.90 Å². The van der Waals surface area contributed by atoms with Crippen molar-refractivity contribution >= 4 is 38.5 Å². The summed E-state index contributed by atoms with van der Waals surface area (Å²) in [6.45, 7) is 11.3. The highest BCUT2D eigenvalue weighted by Crippen LogP contribution is 2.53. The maximum Gasteiger partial charge on any atom is 0.134 e. The number of hydrogen-bond donors (Lipinski definition) is 1. The molecule has 0 bridgehead atoms. The molecule has 0 fully saturated rings. The fourth-order valence-corrected chi connectivity index (χ4v) is 8.87. The van der Waals surface area contributed by atoms with Gasteiger partial charge in [0.2, 0.25) is 0 Å². The van der Waals surface area contributed by atoms with E-state index in [1.165, 1.54) is 72.0 Å². The zero-order valence-electron chi connectivity index (χ0n) is 33.3. The van der Waals surface area contributed by atoms with Crippen LogP contribution in [0.2, 0.25) is 0 Å². The molecule has 2 heteroatoms. The molecule has 1 heterocycles. The number of anilines is 1. The van der Waals surface area contributed by atoms with Crippen molar-refractivity contribution in [3.63, 3.8) is 0 Å². The van der Waals surface area contributed by atoms with Crippen molar-refractivity contribution in [3.8, 4) is 0 Å². The Balaban J connectivity index is 1.18. The van der Waals surface area contributed by atoms with Crippen molar-refractivity contribution in [2.45, 2.75) is 64.5 Å². The molecule has 7 aromatic rings. The molecular weight excluding hydrogens is 677 g/mol. The van der Waals surface area contributed by atoms with Gasteiger partial charge in [-0.3, -0.25) is 0 Å². The van der Waals surface area contributed by atoms with E-state index in [0.717, 1.165) is 25.9 Å². The molecular formula is C54H53N2+.